The van der Waals surface area contributed by atoms with Crippen LogP contribution in [-0.2, 0) is 11.2 Å². The summed E-state index contributed by atoms with van der Waals surface area (Å²) in [4.78, 5) is 23.6. The number of carbonyl (C=O) groups excluding carboxylic acids is 2. The molecule has 1 atom stereocenters. The first-order chi connectivity index (χ1) is 10.1. The van der Waals surface area contributed by atoms with E-state index in [0.29, 0.717) is 12.2 Å². The molecule has 114 valence electrons. The standard InChI is InChI=1S/C17H23NO3/c1-3-5-12(2)18-17(20)11-21-14-9-8-13-6-4-7-16(19)15(13)10-14/h8-10,12H,3-7,11H2,1-2H3,(H,18,20). The molecule has 4 nitrogen and oxygen atoms in total. The molecule has 2 rings (SSSR count). The van der Waals surface area contributed by atoms with Gasteiger partial charge in [-0.25, -0.2) is 0 Å². The first kappa shape index (κ1) is 15.5. The molecule has 0 saturated heterocycles. The van der Waals surface area contributed by atoms with Crippen LogP contribution in [0.4, 0.5) is 0 Å². The fourth-order valence-electron chi connectivity index (χ4n) is 2.67. The van der Waals surface area contributed by atoms with Crippen LogP contribution >= 0.6 is 0 Å². The predicted octanol–water partition coefficient (Wildman–Crippen LogP) is 2.89. The Morgan fingerprint density at radius 3 is 2.95 bits per heavy atom. The van der Waals surface area contributed by atoms with Gasteiger partial charge in [0, 0.05) is 18.0 Å². The summed E-state index contributed by atoms with van der Waals surface area (Å²) in [6.45, 7) is 4.06. The molecule has 0 aliphatic heterocycles. The number of ether oxygens (including phenoxy) is 1. The van der Waals surface area contributed by atoms with E-state index in [1.807, 2.05) is 19.1 Å². The lowest BCUT2D eigenvalue weighted by atomic mass is 9.90. The van der Waals surface area contributed by atoms with E-state index in [1.165, 1.54) is 0 Å². The number of hydrogen-bond acceptors (Lipinski definition) is 3. The van der Waals surface area contributed by atoms with E-state index >= 15 is 0 Å². The van der Waals surface area contributed by atoms with Crippen LogP contribution in [0.15, 0.2) is 18.2 Å². The Labute approximate surface area is 125 Å². The Hall–Kier alpha value is -1.84. The highest BCUT2D eigenvalue weighted by molar-refractivity contribution is 5.98. The van der Waals surface area contributed by atoms with Gasteiger partial charge in [-0.3, -0.25) is 9.59 Å². The zero-order chi connectivity index (χ0) is 15.2. The molecule has 1 aliphatic rings. The lowest BCUT2D eigenvalue weighted by Gasteiger charge is -2.16. The number of Topliss-reactive ketones (excluding diaryl/α,β-unsaturated/α-hetero) is 1. The lowest BCUT2D eigenvalue weighted by Crippen LogP contribution is -2.35. The first-order valence-electron chi connectivity index (χ1n) is 7.68. The number of nitrogens with one attached hydrogen (secondary N) is 1. The van der Waals surface area contributed by atoms with Crippen molar-refractivity contribution in [1.29, 1.82) is 0 Å². The number of amides is 1. The van der Waals surface area contributed by atoms with Crippen molar-refractivity contribution in [3.8, 4) is 5.75 Å². The Morgan fingerprint density at radius 1 is 1.38 bits per heavy atom. The molecular formula is C17H23NO3. The maximum atomic E-state index is 11.9. The van der Waals surface area contributed by atoms with E-state index in [-0.39, 0.29) is 24.3 Å². The second-order valence-corrected chi connectivity index (χ2v) is 5.64. The number of fused-ring (bicyclic) bond motifs is 1. The minimum absolute atomic E-state index is 0.0129. The fourth-order valence-corrected chi connectivity index (χ4v) is 2.67. The normalized spacial score (nSPS) is 15.2. The molecule has 1 aromatic carbocycles. The summed E-state index contributed by atoms with van der Waals surface area (Å²) in [7, 11) is 0. The number of aryl methyl sites for hydroxylation is 1. The van der Waals surface area contributed by atoms with Gasteiger partial charge >= 0.3 is 0 Å². The third-order valence-electron chi connectivity index (χ3n) is 3.73. The highest BCUT2D eigenvalue weighted by atomic mass is 16.5. The summed E-state index contributed by atoms with van der Waals surface area (Å²) in [6, 6.07) is 5.69. The zero-order valence-corrected chi connectivity index (χ0v) is 12.8. The summed E-state index contributed by atoms with van der Waals surface area (Å²) in [5.41, 5.74) is 1.83. The number of carbonyl (C=O) groups is 2. The highest BCUT2D eigenvalue weighted by Gasteiger charge is 2.17. The van der Waals surface area contributed by atoms with Crippen LogP contribution in [0.5, 0.6) is 5.75 Å². The number of hydrogen-bond donors (Lipinski definition) is 1. The van der Waals surface area contributed by atoms with Gasteiger partial charge in [-0.05, 0) is 43.9 Å². The lowest BCUT2D eigenvalue weighted by molar-refractivity contribution is -0.123. The molecule has 4 heteroatoms. The SMILES string of the molecule is CCCC(C)NC(=O)COc1ccc2c(c1)C(=O)CCC2. The molecule has 0 radical (unpaired) electrons. The summed E-state index contributed by atoms with van der Waals surface area (Å²) in [5, 5.41) is 2.89. The molecule has 21 heavy (non-hydrogen) atoms. The van der Waals surface area contributed by atoms with Crippen molar-refractivity contribution in [3.63, 3.8) is 0 Å². The van der Waals surface area contributed by atoms with Crippen LogP contribution in [0.2, 0.25) is 0 Å². The number of ketones is 1. The average molecular weight is 289 g/mol. The minimum Gasteiger partial charge on any atom is -0.484 e. The maximum absolute atomic E-state index is 11.9. The van der Waals surface area contributed by atoms with Crippen LogP contribution in [0.25, 0.3) is 0 Å². The number of benzene rings is 1. The Balaban J connectivity index is 1.90. The van der Waals surface area contributed by atoms with Crippen molar-refractivity contribution >= 4 is 11.7 Å². The molecule has 1 unspecified atom stereocenters. The van der Waals surface area contributed by atoms with E-state index in [4.69, 9.17) is 4.74 Å². The van der Waals surface area contributed by atoms with Crippen molar-refractivity contribution < 1.29 is 14.3 Å². The summed E-state index contributed by atoms with van der Waals surface area (Å²) >= 11 is 0. The second-order valence-electron chi connectivity index (χ2n) is 5.64. The van der Waals surface area contributed by atoms with Gasteiger partial charge in [0.05, 0.1) is 0 Å². The van der Waals surface area contributed by atoms with Crippen molar-refractivity contribution in [1.82, 2.24) is 5.32 Å². The number of rotatable bonds is 6. The van der Waals surface area contributed by atoms with Crippen molar-refractivity contribution in [2.45, 2.75) is 52.0 Å². The molecular weight excluding hydrogens is 266 g/mol. The smallest absolute Gasteiger partial charge is 0.258 e. The van der Waals surface area contributed by atoms with Crippen molar-refractivity contribution in [2.24, 2.45) is 0 Å². The van der Waals surface area contributed by atoms with E-state index in [2.05, 4.69) is 12.2 Å². The molecule has 0 fully saturated rings. The molecule has 1 amide bonds. The Morgan fingerprint density at radius 2 is 2.19 bits per heavy atom. The van der Waals surface area contributed by atoms with Gasteiger partial charge in [0.15, 0.2) is 12.4 Å². The predicted molar refractivity (Wildman–Crippen MR) is 81.7 cm³/mol. The average Bonchev–Trinajstić information content (AvgIpc) is 2.46. The fraction of sp³-hybridized carbons (Fsp3) is 0.529. The molecule has 1 aliphatic carbocycles. The van der Waals surface area contributed by atoms with E-state index in [1.54, 1.807) is 6.07 Å². The van der Waals surface area contributed by atoms with Gasteiger partial charge in [-0.15, -0.1) is 0 Å². The molecule has 0 spiro atoms. The van der Waals surface area contributed by atoms with Crippen molar-refractivity contribution in [3.05, 3.63) is 29.3 Å². The summed E-state index contributed by atoms with van der Waals surface area (Å²) in [5.74, 6) is 0.630. The summed E-state index contributed by atoms with van der Waals surface area (Å²) in [6.07, 6.45) is 4.46. The topological polar surface area (TPSA) is 55.4 Å². The Bertz CT molecular complexity index is 525. The van der Waals surface area contributed by atoms with Gasteiger partial charge in [0.25, 0.3) is 5.91 Å². The minimum atomic E-state index is -0.125. The third-order valence-corrected chi connectivity index (χ3v) is 3.73. The maximum Gasteiger partial charge on any atom is 0.258 e. The zero-order valence-electron chi connectivity index (χ0n) is 12.8. The molecule has 0 aromatic heterocycles. The van der Waals surface area contributed by atoms with E-state index < -0.39 is 0 Å². The van der Waals surface area contributed by atoms with Crippen LogP contribution in [-0.4, -0.2) is 24.3 Å². The monoisotopic (exact) mass is 289 g/mol. The molecule has 1 aromatic rings. The van der Waals surface area contributed by atoms with Gasteiger partial charge < -0.3 is 10.1 Å². The molecule has 0 heterocycles. The third kappa shape index (κ3) is 4.31. The van der Waals surface area contributed by atoms with Crippen LogP contribution < -0.4 is 10.1 Å². The van der Waals surface area contributed by atoms with E-state index in [9.17, 15) is 9.59 Å². The van der Waals surface area contributed by atoms with Crippen molar-refractivity contribution in [2.75, 3.05) is 6.61 Å². The van der Waals surface area contributed by atoms with Crippen LogP contribution in [0.1, 0.15) is 55.5 Å². The van der Waals surface area contributed by atoms with Crippen LogP contribution in [0, 0.1) is 0 Å². The van der Waals surface area contributed by atoms with Gasteiger partial charge in [-0.2, -0.15) is 0 Å². The molecule has 0 bridgehead atoms. The van der Waals surface area contributed by atoms with Gasteiger partial charge in [-0.1, -0.05) is 19.4 Å². The van der Waals surface area contributed by atoms with Gasteiger partial charge in [0.2, 0.25) is 0 Å². The first-order valence-corrected chi connectivity index (χ1v) is 7.68. The van der Waals surface area contributed by atoms with Gasteiger partial charge in [0.1, 0.15) is 5.75 Å². The quantitative estimate of drug-likeness (QED) is 0.876. The van der Waals surface area contributed by atoms with E-state index in [0.717, 1.165) is 36.8 Å². The Kier molecular flexibility index (Phi) is 5.37. The van der Waals surface area contributed by atoms with Crippen LogP contribution in [0.3, 0.4) is 0 Å². The summed E-state index contributed by atoms with van der Waals surface area (Å²) < 4.78 is 5.50. The molecule has 1 N–H and O–H groups in total. The highest BCUT2D eigenvalue weighted by Crippen LogP contribution is 2.25. The molecule has 0 saturated carbocycles. The second kappa shape index (κ2) is 7.25. The largest absolute Gasteiger partial charge is 0.484 e.